The van der Waals surface area contributed by atoms with Crippen LogP contribution in [0, 0.1) is 5.92 Å². The van der Waals surface area contributed by atoms with Crippen LogP contribution in [-0.4, -0.2) is 23.7 Å². The number of thiocarbonyl (C=S) groups is 1. The van der Waals surface area contributed by atoms with Crippen molar-refractivity contribution in [3.63, 3.8) is 0 Å². The number of nitrogens with one attached hydrogen (secondary N) is 1. The molecule has 1 aliphatic heterocycles. The molecule has 1 aromatic carbocycles. The summed E-state index contributed by atoms with van der Waals surface area (Å²) in [6, 6.07) is 10.7. The average molecular weight is 345 g/mol. The van der Waals surface area contributed by atoms with Crippen molar-refractivity contribution in [3.05, 3.63) is 46.2 Å². The lowest BCUT2D eigenvalue weighted by Crippen LogP contribution is -2.42. The van der Waals surface area contributed by atoms with E-state index in [2.05, 4.69) is 21.7 Å². The maximum atomic E-state index is 5.73. The van der Waals surface area contributed by atoms with Gasteiger partial charge in [0.15, 0.2) is 5.11 Å². The average Bonchev–Trinajstić information content (AvgIpc) is 3.30. The van der Waals surface area contributed by atoms with Crippen molar-refractivity contribution < 1.29 is 4.74 Å². The molecule has 4 rings (SSSR count). The third-order valence-corrected chi connectivity index (χ3v) is 6.02. The number of methoxy groups -OCH3 is 1. The minimum atomic E-state index is 0.461. The molecule has 1 fully saturated rings. The molecule has 23 heavy (non-hydrogen) atoms. The zero-order valence-corrected chi connectivity index (χ0v) is 14.8. The number of anilines is 1. The summed E-state index contributed by atoms with van der Waals surface area (Å²) < 4.78 is 5.21. The number of hydrogen-bond acceptors (Lipinski definition) is 3. The fourth-order valence-electron chi connectivity index (χ4n) is 3.36. The Morgan fingerprint density at radius 3 is 2.74 bits per heavy atom. The molecule has 1 saturated carbocycles. The predicted molar refractivity (Wildman–Crippen MR) is 99.4 cm³/mol. The van der Waals surface area contributed by atoms with Gasteiger partial charge in [0.2, 0.25) is 0 Å². The van der Waals surface area contributed by atoms with Gasteiger partial charge in [0, 0.05) is 17.1 Å². The first-order chi connectivity index (χ1) is 11.3. The Morgan fingerprint density at radius 2 is 2.04 bits per heavy atom. The van der Waals surface area contributed by atoms with E-state index < -0.39 is 0 Å². The van der Waals surface area contributed by atoms with E-state index in [-0.39, 0.29) is 0 Å². The number of ether oxygens (including phenoxy) is 1. The van der Waals surface area contributed by atoms with Gasteiger partial charge >= 0.3 is 0 Å². The predicted octanol–water partition coefficient (Wildman–Crippen LogP) is 4.46. The second-order valence-corrected chi connectivity index (χ2v) is 7.57. The Bertz CT molecular complexity index is 706. The number of thiophene rings is 1. The van der Waals surface area contributed by atoms with E-state index in [9.17, 15) is 0 Å². The number of rotatable bonds is 3. The molecule has 2 aliphatic rings. The third kappa shape index (κ3) is 2.95. The van der Waals surface area contributed by atoms with Crippen molar-refractivity contribution in [1.29, 1.82) is 0 Å². The van der Waals surface area contributed by atoms with Crippen LogP contribution in [0.1, 0.15) is 29.3 Å². The van der Waals surface area contributed by atoms with Crippen molar-refractivity contribution in [2.24, 2.45) is 5.92 Å². The van der Waals surface area contributed by atoms with Crippen molar-refractivity contribution in [2.75, 3.05) is 19.0 Å². The molecular weight excluding hydrogens is 324 g/mol. The molecule has 0 unspecified atom stereocenters. The molecular formula is C18H20N2OS2. The van der Waals surface area contributed by atoms with Crippen molar-refractivity contribution in [2.45, 2.75) is 25.3 Å². The van der Waals surface area contributed by atoms with Crippen molar-refractivity contribution in [1.82, 2.24) is 4.90 Å². The van der Waals surface area contributed by atoms with Gasteiger partial charge in [0.05, 0.1) is 13.2 Å². The van der Waals surface area contributed by atoms with Crippen molar-refractivity contribution in [3.8, 4) is 5.75 Å². The summed E-state index contributed by atoms with van der Waals surface area (Å²) in [4.78, 5) is 3.94. The number of nitrogens with zero attached hydrogens (tertiary/aromatic N) is 1. The molecule has 5 heteroatoms. The molecule has 0 bridgehead atoms. The smallest absolute Gasteiger partial charge is 0.173 e. The Labute approximate surface area is 146 Å². The fourth-order valence-corrected chi connectivity index (χ4v) is 4.60. The molecule has 2 heterocycles. The minimum Gasteiger partial charge on any atom is -0.497 e. The molecule has 1 N–H and O–H groups in total. The monoisotopic (exact) mass is 344 g/mol. The third-order valence-electron chi connectivity index (χ3n) is 4.68. The second kappa shape index (κ2) is 6.13. The summed E-state index contributed by atoms with van der Waals surface area (Å²) >= 11 is 7.62. The quantitative estimate of drug-likeness (QED) is 0.831. The molecule has 0 radical (unpaired) electrons. The largest absolute Gasteiger partial charge is 0.497 e. The summed E-state index contributed by atoms with van der Waals surface area (Å²) in [5.41, 5.74) is 2.52. The van der Waals surface area contributed by atoms with Gasteiger partial charge < -0.3 is 15.0 Å². The fraction of sp³-hybridized carbons (Fsp3) is 0.389. The lowest BCUT2D eigenvalue weighted by molar-refractivity contribution is 0.276. The van der Waals surface area contributed by atoms with Crippen LogP contribution in [0.3, 0.4) is 0 Å². The Kier molecular flexibility index (Phi) is 3.99. The van der Waals surface area contributed by atoms with Crippen LogP contribution in [0.2, 0.25) is 0 Å². The first-order valence-electron chi connectivity index (χ1n) is 8.04. The SMILES string of the molecule is COc1ccc(NC(=S)N2CCc3sccc3[C@H]2C2CC2)cc1. The van der Waals surface area contributed by atoms with Gasteiger partial charge in [-0.05, 0) is 78.7 Å². The van der Waals surface area contributed by atoms with Gasteiger partial charge in [-0.2, -0.15) is 0 Å². The van der Waals surface area contributed by atoms with Crippen LogP contribution >= 0.6 is 23.6 Å². The first kappa shape index (κ1) is 15.0. The number of benzene rings is 1. The van der Waals surface area contributed by atoms with E-state index >= 15 is 0 Å². The van der Waals surface area contributed by atoms with E-state index in [0.717, 1.165) is 35.4 Å². The molecule has 120 valence electrons. The molecule has 1 aliphatic carbocycles. The first-order valence-corrected chi connectivity index (χ1v) is 9.33. The molecule has 1 atom stereocenters. The van der Waals surface area contributed by atoms with E-state index in [4.69, 9.17) is 17.0 Å². The van der Waals surface area contributed by atoms with E-state index in [1.807, 2.05) is 35.6 Å². The van der Waals surface area contributed by atoms with E-state index in [1.54, 1.807) is 12.0 Å². The van der Waals surface area contributed by atoms with Crippen LogP contribution in [-0.2, 0) is 6.42 Å². The van der Waals surface area contributed by atoms with Gasteiger partial charge in [-0.3, -0.25) is 0 Å². The number of fused-ring (bicyclic) bond motifs is 1. The van der Waals surface area contributed by atoms with Crippen LogP contribution in [0.15, 0.2) is 35.7 Å². The summed E-state index contributed by atoms with van der Waals surface area (Å²) in [6.45, 7) is 1.01. The highest BCUT2D eigenvalue weighted by Gasteiger charge is 2.40. The normalized spacial score (nSPS) is 20.0. The minimum absolute atomic E-state index is 0.461. The lowest BCUT2D eigenvalue weighted by atomic mass is 9.96. The highest BCUT2D eigenvalue weighted by molar-refractivity contribution is 7.80. The summed E-state index contributed by atoms with van der Waals surface area (Å²) in [5, 5.41) is 6.47. The van der Waals surface area contributed by atoms with Gasteiger partial charge in [-0.15, -0.1) is 11.3 Å². The lowest BCUT2D eigenvalue weighted by Gasteiger charge is -2.38. The van der Waals surface area contributed by atoms with Crippen LogP contribution < -0.4 is 10.1 Å². The summed E-state index contributed by atoms with van der Waals surface area (Å²) in [5.74, 6) is 1.62. The molecule has 0 spiro atoms. The summed E-state index contributed by atoms with van der Waals surface area (Å²) in [6.07, 6.45) is 3.74. The zero-order chi connectivity index (χ0) is 15.8. The van der Waals surface area contributed by atoms with Gasteiger partial charge in [0.1, 0.15) is 5.75 Å². The van der Waals surface area contributed by atoms with E-state index in [1.165, 1.54) is 18.4 Å². The van der Waals surface area contributed by atoms with Crippen LogP contribution in [0.25, 0.3) is 0 Å². The Morgan fingerprint density at radius 1 is 1.26 bits per heavy atom. The molecule has 0 amide bonds. The maximum absolute atomic E-state index is 5.73. The standard InChI is InChI=1S/C18H20N2OS2/c1-21-14-6-4-13(5-7-14)19-18(22)20-10-8-16-15(9-11-23-16)17(20)12-2-3-12/h4-7,9,11-12,17H,2-3,8,10H2,1H3,(H,19,22)/t17-/m1/s1. The highest BCUT2D eigenvalue weighted by Crippen LogP contribution is 2.48. The molecule has 0 saturated heterocycles. The van der Waals surface area contributed by atoms with E-state index in [0.29, 0.717) is 6.04 Å². The zero-order valence-electron chi connectivity index (χ0n) is 13.1. The van der Waals surface area contributed by atoms with Crippen LogP contribution in [0.5, 0.6) is 5.75 Å². The topological polar surface area (TPSA) is 24.5 Å². The van der Waals surface area contributed by atoms with Gasteiger partial charge in [-0.25, -0.2) is 0 Å². The Hall–Kier alpha value is -1.59. The Balaban J connectivity index is 1.53. The number of hydrogen-bond donors (Lipinski definition) is 1. The van der Waals surface area contributed by atoms with Gasteiger partial charge in [-0.1, -0.05) is 0 Å². The second-order valence-electron chi connectivity index (χ2n) is 6.18. The van der Waals surface area contributed by atoms with Gasteiger partial charge in [0.25, 0.3) is 0 Å². The molecule has 2 aromatic rings. The highest BCUT2D eigenvalue weighted by atomic mass is 32.1. The molecule has 3 nitrogen and oxygen atoms in total. The summed E-state index contributed by atoms with van der Waals surface area (Å²) in [7, 11) is 1.68. The maximum Gasteiger partial charge on any atom is 0.173 e. The van der Waals surface area contributed by atoms with Crippen molar-refractivity contribution >= 4 is 34.4 Å². The van der Waals surface area contributed by atoms with Crippen LogP contribution in [0.4, 0.5) is 5.69 Å². The molecule has 1 aromatic heterocycles.